The molecule has 1 aromatic carbocycles. The van der Waals surface area contributed by atoms with E-state index in [-0.39, 0.29) is 0 Å². The Hall–Kier alpha value is -1.58. The zero-order valence-corrected chi connectivity index (χ0v) is 17.7. The maximum atomic E-state index is 5.51. The Labute approximate surface area is 173 Å². The summed E-state index contributed by atoms with van der Waals surface area (Å²) in [4.78, 5) is 9.51. The van der Waals surface area contributed by atoms with E-state index in [9.17, 15) is 0 Å². The topological polar surface area (TPSA) is 42.7 Å². The lowest BCUT2D eigenvalue weighted by Gasteiger charge is -2.26. The van der Waals surface area contributed by atoms with E-state index in [4.69, 9.17) is 14.8 Å². The van der Waals surface area contributed by atoms with Crippen molar-refractivity contribution in [2.75, 3.05) is 26.3 Å². The minimum Gasteiger partial charge on any atom is -0.379 e. The molecule has 0 spiro atoms. The van der Waals surface area contributed by atoms with Crippen molar-refractivity contribution in [1.29, 1.82) is 0 Å². The van der Waals surface area contributed by atoms with Crippen molar-refractivity contribution in [1.82, 2.24) is 19.5 Å². The van der Waals surface area contributed by atoms with Crippen LogP contribution in [0.1, 0.15) is 5.69 Å². The third-order valence-corrected chi connectivity index (χ3v) is 7.10. The number of nitrogens with zero attached hydrogens (tertiary/aromatic N) is 4. The zero-order valence-electron chi connectivity index (χ0n) is 14.5. The number of imidazole rings is 1. The number of fused-ring (bicyclic) bond motifs is 1. The van der Waals surface area contributed by atoms with Gasteiger partial charge in [-0.2, -0.15) is 5.10 Å². The van der Waals surface area contributed by atoms with Gasteiger partial charge < -0.3 is 4.74 Å². The summed E-state index contributed by atoms with van der Waals surface area (Å²) in [7, 11) is 0. The van der Waals surface area contributed by atoms with Gasteiger partial charge in [0.2, 0.25) is 4.96 Å². The number of aromatic nitrogens is 3. The highest BCUT2D eigenvalue weighted by Crippen LogP contribution is 2.33. The van der Waals surface area contributed by atoms with Crippen molar-refractivity contribution in [3.05, 3.63) is 51.9 Å². The molecule has 0 aliphatic carbocycles. The minimum atomic E-state index is 0.785. The summed E-state index contributed by atoms with van der Waals surface area (Å²) in [5.41, 5.74) is 3.29. The first-order chi connectivity index (χ1) is 13.3. The number of benzene rings is 1. The lowest BCUT2D eigenvalue weighted by molar-refractivity contribution is 0.0335. The molecular weight excluding hydrogens is 444 g/mol. The molecule has 5 nitrogen and oxygen atoms in total. The predicted molar refractivity (Wildman–Crippen MR) is 113 cm³/mol. The van der Waals surface area contributed by atoms with Crippen LogP contribution in [-0.4, -0.2) is 45.8 Å². The van der Waals surface area contributed by atoms with Gasteiger partial charge in [-0.3, -0.25) is 4.90 Å². The SMILES string of the molecule is Brc1ccc(-c2nc3sc(-c4cccs4)nn3c2CN2CCOCC2)cc1. The normalized spacial score (nSPS) is 15.6. The third-order valence-electron chi connectivity index (χ3n) is 4.62. The molecule has 27 heavy (non-hydrogen) atoms. The molecule has 1 saturated heterocycles. The van der Waals surface area contributed by atoms with E-state index >= 15 is 0 Å². The first-order valence-corrected chi connectivity index (χ1v) is 11.3. The molecular formula is C19H17BrN4OS2. The second-order valence-electron chi connectivity index (χ2n) is 6.38. The largest absolute Gasteiger partial charge is 0.379 e. The number of rotatable bonds is 4. The Morgan fingerprint density at radius 1 is 1.11 bits per heavy atom. The number of ether oxygens (including phenoxy) is 1. The molecule has 3 aromatic heterocycles. The van der Waals surface area contributed by atoms with Gasteiger partial charge >= 0.3 is 0 Å². The summed E-state index contributed by atoms with van der Waals surface area (Å²) in [6.07, 6.45) is 0. The molecule has 0 atom stereocenters. The van der Waals surface area contributed by atoms with Gasteiger partial charge in [0.25, 0.3) is 0 Å². The van der Waals surface area contributed by atoms with Gasteiger partial charge in [-0.25, -0.2) is 9.50 Å². The fourth-order valence-corrected chi connectivity index (χ4v) is 5.22. The average molecular weight is 461 g/mol. The highest BCUT2D eigenvalue weighted by atomic mass is 79.9. The first kappa shape index (κ1) is 17.5. The van der Waals surface area contributed by atoms with Crippen molar-refractivity contribution < 1.29 is 4.74 Å². The van der Waals surface area contributed by atoms with Crippen molar-refractivity contribution in [2.45, 2.75) is 6.54 Å². The van der Waals surface area contributed by atoms with Crippen LogP contribution in [0, 0.1) is 0 Å². The quantitative estimate of drug-likeness (QED) is 0.439. The molecule has 1 fully saturated rings. The van der Waals surface area contributed by atoms with E-state index in [1.54, 1.807) is 22.7 Å². The Morgan fingerprint density at radius 3 is 2.67 bits per heavy atom. The van der Waals surface area contributed by atoms with Crippen LogP contribution in [0.4, 0.5) is 0 Å². The molecule has 0 N–H and O–H groups in total. The molecule has 138 valence electrons. The molecule has 0 bridgehead atoms. The Morgan fingerprint density at radius 2 is 1.93 bits per heavy atom. The summed E-state index contributed by atoms with van der Waals surface area (Å²) >= 11 is 6.88. The van der Waals surface area contributed by atoms with Crippen LogP contribution >= 0.6 is 38.6 Å². The summed E-state index contributed by atoms with van der Waals surface area (Å²) in [5, 5.41) is 8.01. The standard InChI is InChI=1S/C19H17BrN4OS2/c20-14-5-3-13(4-6-14)17-15(12-23-7-9-25-10-8-23)24-19(21-17)27-18(22-24)16-2-1-11-26-16/h1-6,11H,7-10,12H2. The number of hydrogen-bond donors (Lipinski definition) is 0. The highest BCUT2D eigenvalue weighted by molar-refractivity contribution is 9.10. The van der Waals surface area contributed by atoms with Gasteiger partial charge in [0, 0.05) is 29.7 Å². The average Bonchev–Trinajstić information content (AvgIpc) is 3.41. The van der Waals surface area contributed by atoms with Gasteiger partial charge in [-0.05, 0) is 23.6 Å². The molecule has 1 aliphatic heterocycles. The van der Waals surface area contributed by atoms with Crippen molar-refractivity contribution in [2.24, 2.45) is 0 Å². The van der Waals surface area contributed by atoms with Crippen LogP contribution in [0.2, 0.25) is 0 Å². The van der Waals surface area contributed by atoms with E-state index in [0.717, 1.165) is 64.2 Å². The predicted octanol–water partition coefficient (Wildman–Crippen LogP) is 4.78. The molecule has 4 heterocycles. The van der Waals surface area contributed by atoms with Crippen LogP contribution in [0.15, 0.2) is 46.3 Å². The summed E-state index contributed by atoms with van der Waals surface area (Å²) in [5.74, 6) is 0. The van der Waals surface area contributed by atoms with Crippen LogP contribution in [0.5, 0.6) is 0 Å². The smallest absolute Gasteiger partial charge is 0.213 e. The van der Waals surface area contributed by atoms with E-state index in [1.807, 2.05) is 4.52 Å². The van der Waals surface area contributed by atoms with Crippen LogP contribution in [0.25, 0.3) is 26.1 Å². The Kier molecular flexibility index (Phi) is 4.83. The number of thiophene rings is 1. The minimum absolute atomic E-state index is 0.785. The fourth-order valence-electron chi connectivity index (χ4n) is 3.24. The maximum Gasteiger partial charge on any atom is 0.213 e. The van der Waals surface area contributed by atoms with Crippen LogP contribution in [-0.2, 0) is 11.3 Å². The second kappa shape index (κ2) is 7.44. The third kappa shape index (κ3) is 3.48. The van der Waals surface area contributed by atoms with Gasteiger partial charge in [-0.1, -0.05) is 45.5 Å². The summed E-state index contributed by atoms with van der Waals surface area (Å²) in [6.45, 7) is 4.27. The van der Waals surface area contributed by atoms with Crippen LogP contribution < -0.4 is 0 Å². The lowest BCUT2D eigenvalue weighted by Crippen LogP contribution is -2.36. The van der Waals surface area contributed by atoms with Gasteiger partial charge in [0.15, 0.2) is 5.01 Å². The Bertz CT molecular complexity index is 1050. The number of halogens is 1. The van der Waals surface area contributed by atoms with Crippen LogP contribution in [0.3, 0.4) is 0 Å². The van der Waals surface area contributed by atoms with E-state index in [0.29, 0.717) is 0 Å². The van der Waals surface area contributed by atoms with Crippen molar-refractivity contribution >= 4 is 43.6 Å². The van der Waals surface area contributed by atoms with E-state index in [1.165, 1.54) is 4.88 Å². The number of morpholine rings is 1. The fraction of sp³-hybridized carbons (Fsp3) is 0.263. The van der Waals surface area contributed by atoms with Crippen molar-refractivity contribution in [3.8, 4) is 21.1 Å². The Balaban J connectivity index is 1.60. The van der Waals surface area contributed by atoms with Gasteiger partial charge in [-0.15, -0.1) is 11.3 Å². The molecule has 8 heteroatoms. The van der Waals surface area contributed by atoms with Gasteiger partial charge in [0.05, 0.1) is 29.5 Å². The zero-order chi connectivity index (χ0) is 18.2. The van der Waals surface area contributed by atoms with E-state index < -0.39 is 0 Å². The second-order valence-corrected chi connectivity index (χ2v) is 9.20. The highest BCUT2D eigenvalue weighted by Gasteiger charge is 2.22. The maximum absolute atomic E-state index is 5.51. The monoisotopic (exact) mass is 460 g/mol. The van der Waals surface area contributed by atoms with E-state index in [2.05, 4.69) is 62.6 Å². The molecule has 4 aromatic rings. The molecule has 1 aliphatic rings. The molecule has 5 rings (SSSR count). The molecule has 0 saturated carbocycles. The summed E-state index contributed by atoms with van der Waals surface area (Å²) < 4.78 is 8.61. The first-order valence-electron chi connectivity index (χ1n) is 8.76. The molecule has 0 unspecified atom stereocenters. The van der Waals surface area contributed by atoms with Crippen molar-refractivity contribution in [3.63, 3.8) is 0 Å². The lowest BCUT2D eigenvalue weighted by atomic mass is 10.1. The molecule has 0 radical (unpaired) electrons. The molecule has 0 amide bonds. The van der Waals surface area contributed by atoms with Gasteiger partial charge in [0.1, 0.15) is 0 Å². The summed E-state index contributed by atoms with van der Waals surface area (Å²) in [6, 6.07) is 12.5. The number of hydrogen-bond acceptors (Lipinski definition) is 6.